The van der Waals surface area contributed by atoms with Gasteiger partial charge in [-0.25, -0.2) is 0 Å². The summed E-state index contributed by atoms with van der Waals surface area (Å²) in [5.41, 5.74) is 6.37. The zero-order valence-electron chi connectivity index (χ0n) is 9.70. The van der Waals surface area contributed by atoms with Crippen LogP contribution in [0.3, 0.4) is 0 Å². The average molecular weight is 221 g/mol. The summed E-state index contributed by atoms with van der Waals surface area (Å²) in [7, 11) is 0. The maximum absolute atomic E-state index is 12.3. The molecule has 1 fully saturated rings. The fraction of sp³-hybridized carbons (Fsp3) is 0.583. The van der Waals surface area contributed by atoms with Crippen molar-refractivity contribution < 1.29 is 4.79 Å². The molecule has 4 heteroatoms. The van der Waals surface area contributed by atoms with Crippen molar-refractivity contribution >= 4 is 5.91 Å². The van der Waals surface area contributed by atoms with Crippen LogP contribution in [0.1, 0.15) is 36.5 Å². The molecule has 1 amide bonds. The third kappa shape index (κ3) is 1.85. The highest BCUT2D eigenvalue weighted by Gasteiger charge is 2.36. The van der Waals surface area contributed by atoms with E-state index >= 15 is 0 Å². The molecule has 2 heterocycles. The van der Waals surface area contributed by atoms with Crippen LogP contribution >= 0.6 is 0 Å². The van der Waals surface area contributed by atoms with Gasteiger partial charge < -0.3 is 15.6 Å². The van der Waals surface area contributed by atoms with Crippen molar-refractivity contribution in [3.8, 4) is 0 Å². The first-order valence-corrected chi connectivity index (χ1v) is 5.82. The summed E-state index contributed by atoms with van der Waals surface area (Å²) >= 11 is 0. The van der Waals surface area contributed by atoms with Gasteiger partial charge in [-0.3, -0.25) is 4.79 Å². The number of H-pyrrole nitrogens is 1. The molecule has 1 aromatic heterocycles. The summed E-state index contributed by atoms with van der Waals surface area (Å²) < 4.78 is 0. The summed E-state index contributed by atoms with van der Waals surface area (Å²) in [6, 6.07) is 1.81. The molecular weight excluding hydrogens is 202 g/mol. The Kier molecular flexibility index (Phi) is 3.01. The molecule has 0 bridgehead atoms. The molecule has 1 aliphatic heterocycles. The zero-order valence-corrected chi connectivity index (χ0v) is 9.70. The lowest BCUT2D eigenvalue weighted by Gasteiger charge is -2.44. The van der Waals surface area contributed by atoms with E-state index in [0.29, 0.717) is 6.54 Å². The van der Waals surface area contributed by atoms with Crippen LogP contribution in [0.15, 0.2) is 18.5 Å². The predicted molar refractivity (Wildman–Crippen MR) is 63.1 cm³/mol. The van der Waals surface area contributed by atoms with Gasteiger partial charge in [0.05, 0.1) is 11.1 Å². The molecule has 0 saturated carbocycles. The Morgan fingerprint density at radius 1 is 1.62 bits per heavy atom. The summed E-state index contributed by atoms with van der Waals surface area (Å²) in [5.74, 6) is 0.0916. The Morgan fingerprint density at radius 3 is 3.06 bits per heavy atom. The third-order valence-corrected chi connectivity index (χ3v) is 3.53. The molecule has 0 aromatic carbocycles. The number of amides is 1. The van der Waals surface area contributed by atoms with Gasteiger partial charge in [0, 0.05) is 25.5 Å². The van der Waals surface area contributed by atoms with Crippen LogP contribution in [0.4, 0.5) is 0 Å². The minimum atomic E-state index is -0.174. The number of hydrogen-bond donors (Lipinski definition) is 2. The average Bonchev–Trinajstić information content (AvgIpc) is 2.82. The van der Waals surface area contributed by atoms with Crippen LogP contribution in [0.5, 0.6) is 0 Å². The fourth-order valence-corrected chi connectivity index (χ4v) is 2.35. The molecule has 4 nitrogen and oxygen atoms in total. The summed E-state index contributed by atoms with van der Waals surface area (Å²) in [6.07, 6.45) is 6.75. The largest absolute Gasteiger partial charge is 0.367 e. The van der Waals surface area contributed by atoms with E-state index in [2.05, 4.69) is 11.9 Å². The van der Waals surface area contributed by atoms with Crippen molar-refractivity contribution in [3.63, 3.8) is 0 Å². The lowest BCUT2D eigenvalue weighted by molar-refractivity contribution is 0.0403. The highest BCUT2D eigenvalue weighted by Crippen LogP contribution is 2.28. The standard InChI is InChI=1S/C12H19N3O/c1-12(9-13)5-2-3-7-15(12)11(16)10-4-6-14-8-10/h4,6,8,14H,2-3,5,7,9,13H2,1H3. The molecule has 3 N–H and O–H groups in total. The smallest absolute Gasteiger partial charge is 0.255 e. The molecule has 2 rings (SSSR count). The first-order chi connectivity index (χ1) is 7.67. The van der Waals surface area contributed by atoms with Crippen LogP contribution in [0.25, 0.3) is 0 Å². The van der Waals surface area contributed by atoms with Crippen LogP contribution < -0.4 is 5.73 Å². The molecular formula is C12H19N3O. The van der Waals surface area contributed by atoms with Crippen molar-refractivity contribution in [2.24, 2.45) is 5.73 Å². The lowest BCUT2D eigenvalue weighted by Crippen LogP contribution is -2.56. The summed E-state index contributed by atoms with van der Waals surface area (Å²) in [4.78, 5) is 17.1. The number of nitrogens with zero attached hydrogens (tertiary/aromatic N) is 1. The van der Waals surface area contributed by atoms with Gasteiger partial charge in [-0.05, 0) is 32.3 Å². The van der Waals surface area contributed by atoms with Gasteiger partial charge in [0.2, 0.25) is 0 Å². The first kappa shape index (κ1) is 11.2. The van der Waals surface area contributed by atoms with Crippen LogP contribution in [0, 0.1) is 0 Å². The van der Waals surface area contributed by atoms with E-state index in [4.69, 9.17) is 5.73 Å². The van der Waals surface area contributed by atoms with E-state index in [9.17, 15) is 4.79 Å². The minimum absolute atomic E-state index is 0.0916. The Hall–Kier alpha value is -1.29. The minimum Gasteiger partial charge on any atom is -0.367 e. The van der Waals surface area contributed by atoms with E-state index in [-0.39, 0.29) is 11.4 Å². The summed E-state index contributed by atoms with van der Waals surface area (Å²) in [6.45, 7) is 3.43. The van der Waals surface area contributed by atoms with Crippen molar-refractivity contribution in [1.29, 1.82) is 0 Å². The Labute approximate surface area is 95.8 Å². The molecule has 16 heavy (non-hydrogen) atoms. The number of carbonyl (C=O) groups is 1. The lowest BCUT2D eigenvalue weighted by atomic mass is 9.88. The topological polar surface area (TPSA) is 62.1 Å². The van der Waals surface area contributed by atoms with Gasteiger partial charge in [-0.1, -0.05) is 0 Å². The van der Waals surface area contributed by atoms with Gasteiger partial charge in [-0.15, -0.1) is 0 Å². The number of nitrogens with two attached hydrogens (primary N) is 1. The highest BCUT2D eigenvalue weighted by molar-refractivity contribution is 5.94. The highest BCUT2D eigenvalue weighted by atomic mass is 16.2. The van der Waals surface area contributed by atoms with Crippen LogP contribution in [0.2, 0.25) is 0 Å². The van der Waals surface area contributed by atoms with Gasteiger partial charge in [0.25, 0.3) is 5.91 Å². The van der Waals surface area contributed by atoms with Crippen molar-refractivity contribution in [2.75, 3.05) is 13.1 Å². The molecule has 1 saturated heterocycles. The fourth-order valence-electron chi connectivity index (χ4n) is 2.35. The number of likely N-dealkylation sites (tertiary alicyclic amines) is 1. The molecule has 88 valence electrons. The number of piperidine rings is 1. The number of aromatic nitrogens is 1. The molecule has 0 aliphatic carbocycles. The zero-order chi connectivity index (χ0) is 11.6. The van der Waals surface area contributed by atoms with Gasteiger partial charge in [-0.2, -0.15) is 0 Å². The maximum Gasteiger partial charge on any atom is 0.255 e. The molecule has 0 radical (unpaired) electrons. The number of hydrogen-bond acceptors (Lipinski definition) is 2. The van der Waals surface area contributed by atoms with Gasteiger partial charge >= 0.3 is 0 Å². The van der Waals surface area contributed by atoms with Crippen LogP contribution in [-0.2, 0) is 0 Å². The maximum atomic E-state index is 12.3. The molecule has 1 aliphatic rings. The number of aromatic amines is 1. The molecule has 0 spiro atoms. The van der Waals surface area contributed by atoms with E-state index in [1.807, 2.05) is 11.0 Å². The quantitative estimate of drug-likeness (QED) is 0.792. The van der Waals surface area contributed by atoms with Gasteiger partial charge in [0.15, 0.2) is 0 Å². The van der Waals surface area contributed by atoms with Gasteiger partial charge in [0.1, 0.15) is 0 Å². The molecule has 1 aromatic rings. The number of carbonyl (C=O) groups excluding carboxylic acids is 1. The van der Waals surface area contributed by atoms with Crippen molar-refractivity contribution in [2.45, 2.75) is 31.7 Å². The normalized spacial score (nSPS) is 25.8. The second-order valence-corrected chi connectivity index (χ2v) is 4.71. The van der Waals surface area contributed by atoms with Crippen molar-refractivity contribution in [3.05, 3.63) is 24.0 Å². The van der Waals surface area contributed by atoms with E-state index < -0.39 is 0 Å². The third-order valence-electron chi connectivity index (χ3n) is 3.53. The Morgan fingerprint density at radius 2 is 2.44 bits per heavy atom. The van der Waals surface area contributed by atoms with Crippen LogP contribution in [-0.4, -0.2) is 34.4 Å². The molecule has 1 unspecified atom stereocenters. The predicted octanol–water partition coefficient (Wildman–Crippen LogP) is 1.36. The van der Waals surface area contributed by atoms with Crippen molar-refractivity contribution in [1.82, 2.24) is 9.88 Å². The SMILES string of the molecule is CC1(CN)CCCCN1C(=O)c1cc[nH]c1. The van der Waals surface area contributed by atoms with E-state index in [1.54, 1.807) is 12.4 Å². The van der Waals surface area contributed by atoms with E-state index in [1.165, 1.54) is 0 Å². The second-order valence-electron chi connectivity index (χ2n) is 4.71. The number of rotatable bonds is 2. The first-order valence-electron chi connectivity index (χ1n) is 5.82. The second kappa shape index (κ2) is 4.29. The Balaban J connectivity index is 2.21. The monoisotopic (exact) mass is 221 g/mol. The molecule has 1 atom stereocenters. The summed E-state index contributed by atoms with van der Waals surface area (Å²) in [5, 5.41) is 0. The van der Waals surface area contributed by atoms with E-state index in [0.717, 1.165) is 31.4 Å². The Bertz CT molecular complexity index is 360. The number of nitrogens with one attached hydrogen (secondary N) is 1.